The molecule has 2 N–H and O–H groups in total. The molecule has 0 aliphatic rings. The molecule has 0 fully saturated rings. The van der Waals surface area contributed by atoms with Crippen LogP contribution in [0.25, 0.3) is 0 Å². The maximum atomic E-state index is 10.4. The van der Waals surface area contributed by atoms with Crippen molar-refractivity contribution in [3.63, 3.8) is 0 Å². The smallest absolute Gasteiger partial charge is 0.123 e. The monoisotopic (exact) mass is 382 g/mol. The van der Waals surface area contributed by atoms with Crippen LogP contribution in [0.15, 0.2) is 58.7 Å². The highest BCUT2D eigenvalue weighted by Crippen LogP contribution is 2.30. The summed E-state index contributed by atoms with van der Waals surface area (Å²) in [4.78, 5) is 0. The molecule has 0 amide bonds. The fourth-order valence-corrected chi connectivity index (χ4v) is 2.97. The van der Waals surface area contributed by atoms with Crippen LogP contribution in [0.2, 0.25) is 0 Å². The molecule has 0 saturated carbocycles. The summed E-state index contributed by atoms with van der Waals surface area (Å²) >= 11 is 0. The highest BCUT2D eigenvalue weighted by Gasteiger charge is 2.08. The molecule has 0 aromatic heterocycles. The number of phenols is 2. The first-order valence-corrected chi connectivity index (χ1v) is 10.3. The van der Waals surface area contributed by atoms with E-state index >= 15 is 0 Å². The Hall–Kier alpha value is -2.22. The summed E-state index contributed by atoms with van der Waals surface area (Å²) in [5, 5.41) is 20.7. The van der Waals surface area contributed by atoms with Crippen LogP contribution in [-0.4, -0.2) is 10.2 Å². The normalized spacial score (nSPS) is 12.1. The fraction of sp³-hybridized carbons (Fsp3) is 0.462. The third-order valence-electron chi connectivity index (χ3n) is 4.79. The number of rotatable bonds is 10. The number of hydrogen-bond acceptors (Lipinski definition) is 2. The van der Waals surface area contributed by atoms with Gasteiger partial charge in [-0.15, -0.1) is 0 Å². The first kappa shape index (κ1) is 23.8. The molecule has 0 spiro atoms. The third-order valence-corrected chi connectivity index (χ3v) is 4.79. The average Bonchev–Trinajstić information content (AvgIpc) is 2.58. The molecule has 1 aromatic rings. The second-order valence-electron chi connectivity index (χ2n) is 8.26. The second kappa shape index (κ2) is 12.3. The fourth-order valence-electron chi connectivity index (χ4n) is 2.97. The first-order valence-electron chi connectivity index (χ1n) is 10.3. The van der Waals surface area contributed by atoms with Gasteiger partial charge in [-0.25, -0.2) is 0 Å². The van der Waals surface area contributed by atoms with E-state index in [0.29, 0.717) is 12.0 Å². The Labute approximate surface area is 172 Å². The van der Waals surface area contributed by atoms with Gasteiger partial charge < -0.3 is 10.2 Å². The minimum atomic E-state index is 0.180. The molecule has 28 heavy (non-hydrogen) atoms. The molecule has 2 nitrogen and oxygen atoms in total. The number of phenolic OH excluding ortho intramolecular Hbond substituents is 2. The van der Waals surface area contributed by atoms with Crippen LogP contribution in [0.5, 0.6) is 11.5 Å². The van der Waals surface area contributed by atoms with Crippen molar-refractivity contribution in [1.29, 1.82) is 0 Å². The zero-order valence-electron chi connectivity index (χ0n) is 18.6. The Kier molecular flexibility index (Phi) is 10.4. The van der Waals surface area contributed by atoms with Gasteiger partial charge in [-0.1, -0.05) is 46.6 Å². The summed E-state index contributed by atoms with van der Waals surface area (Å²) in [5.74, 6) is 0.359. The number of aromatic hydroxyl groups is 2. The molecule has 0 bridgehead atoms. The highest BCUT2D eigenvalue weighted by atomic mass is 16.3. The zero-order valence-corrected chi connectivity index (χ0v) is 18.6. The molecule has 0 radical (unpaired) electrons. The van der Waals surface area contributed by atoms with Gasteiger partial charge in [-0.3, -0.25) is 0 Å². The van der Waals surface area contributed by atoms with Crippen LogP contribution >= 0.6 is 0 Å². The summed E-state index contributed by atoms with van der Waals surface area (Å²) in [5.41, 5.74) is 6.82. The van der Waals surface area contributed by atoms with E-state index in [9.17, 15) is 10.2 Å². The van der Waals surface area contributed by atoms with Crippen LogP contribution < -0.4 is 0 Å². The van der Waals surface area contributed by atoms with E-state index in [1.165, 1.54) is 22.3 Å². The summed E-state index contributed by atoms with van der Waals surface area (Å²) in [7, 11) is 0. The molecule has 0 heterocycles. The minimum absolute atomic E-state index is 0.180. The topological polar surface area (TPSA) is 40.5 Å². The Morgan fingerprint density at radius 3 is 1.54 bits per heavy atom. The van der Waals surface area contributed by atoms with Crippen molar-refractivity contribution in [2.45, 2.75) is 80.1 Å². The summed E-state index contributed by atoms with van der Waals surface area (Å²) in [6.07, 6.45) is 14.2. The molecule has 0 aliphatic carbocycles. The van der Waals surface area contributed by atoms with Gasteiger partial charge in [0.05, 0.1) is 0 Å². The molecular weight excluding hydrogens is 344 g/mol. The van der Waals surface area contributed by atoms with Crippen molar-refractivity contribution < 1.29 is 10.2 Å². The van der Waals surface area contributed by atoms with E-state index in [0.717, 1.165) is 37.7 Å². The lowest BCUT2D eigenvalue weighted by atomic mass is 10.0. The predicted molar refractivity (Wildman–Crippen MR) is 122 cm³/mol. The van der Waals surface area contributed by atoms with Crippen molar-refractivity contribution in [1.82, 2.24) is 0 Å². The molecule has 154 valence electrons. The Balaban J connectivity index is 2.71. The van der Waals surface area contributed by atoms with E-state index in [1.54, 1.807) is 12.1 Å². The summed E-state index contributed by atoms with van der Waals surface area (Å²) in [6, 6.07) is 3.56. The lowest BCUT2D eigenvalue weighted by Gasteiger charge is -2.09. The van der Waals surface area contributed by atoms with Crippen LogP contribution in [0.4, 0.5) is 0 Å². The molecule has 0 saturated heterocycles. The Morgan fingerprint density at radius 2 is 1.11 bits per heavy atom. The number of hydrogen-bond donors (Lipinski definition) is 2. The summed E-state index contributed by atoms with van der Waals surface area (Å²) in [6.45, 7) is 12.7. The van der Waals surface area contributed by atoms with Gasteiger partial charge in [0.1, 0.15) is 11.5 Å². The van der Waals surface area contributed by atoms with Gasteiger partial charge in [0.25, 0.3) is 0 Å². The van der Waals surface area contributed by atoms with Crippen LogP contribution in [0, 0.1) is 0 Å². The van der Waals surface area contributed by atoms with Gasteiger partial charge >= 0.3 is 0 Å². The molecule has 1 rings (SSSR count). The molecule has 0 atom stereocenters. The number of allylic oxidation sites excluding steroid dienone is 8. The molecule has 1 aromatic carbocycles. The maximum Gasteiger partial charge on any atom is 0.123 e. The quantitative estimate of drug-likeness (QED) is 0.410. The number of benzene rings is 1. The van der Waals surface area contributed by atoms with E-state index in [-0.39, 0.29) is 11.5 Å². The van der Waals surface area contributed by atoms with Gasteiger partial charge in [-0.05, 0) is 97.8 Å². The van der Waals surface area contributed by atoms with Crippen molar-refractivity contribution in [3.8, 4) is 11.5 Å². The molecule has 2 heteroatoms. The lowest BCUT2D eigenvalue weighted by molar-refractivity contribution is 0.440. The third kappa shape index (κ3) is 9.64. The Bertz CT molecular complexity index is 730. The van der Waals surface area contributed by atoms with Crippen LogP contribution in [0.1, 0.15) is 78.4 Å². The van der Waals surface area contributed by atoms with Crippen molar-refractivity contribution in [3.05, 3.63) is 69.9 Å². The molecule has 0 aliphatic heterocycles. The van der Waals surface area contributed by atoms with Gasteiger partial charge in [0.2, 0.25) is 0 Å². The second-order valence-corrected chi connectivity index (χ2v) is 8.26. The van der Waals surface area contributed by atoms with Crippen molar-refractivity contribution >= 4 is 0 Å². The van der Waals surface area contributed by atoms with E-state index in [4.69, 9.17) is 0 Å². The van der Waals surface area contributed by atoms with E-state index < -0.39 is 0 Å². The maximum absolute atomic E-state index is 10.4. The summed E-state index contributed by atoms with van der Waals surface area (Å²) < 4.78 is 0. The van der Waals surface area contributed by atoms with Crippen LogP contribution in [0.3, 0.4) is 0 Å². The molecule has 0 unspecified atom stereocenters. The van der Waals surface area contributed by atoms with E-state index in [2.05, 4.69) is 65.8 Å². The van der Waals surface area contributed by atoms with E-state index in [1.807, 2.05) is 0 Å². The van der Waals surface area contributed by atoms with Gasteiger partial charge in [0, 0.05) is 5.56 Å². The van der Waals surface area contributed by atoms with Gasteiger partial charge in [0.15, 0.2) is 0 Å². The van der Waals surface area contributed by atoms with Gasteiger partial charge in [-0.2, -0.15) is 0 Å². The van der Waals surface area contributed by atoms with Crippen molar-refractivity contribution in [2.24, 2.45) is 0 Å². The largest absolute Gasteiger partial charge is 0.508 e. The predicted octanol–water partition coefficient (Wildman–Crippen LogP) is 7.57. The minimum Gasteiger partial charge on any atom is -0.508 e. The standard InChI is InChI=1S/C26H38O2/c1-19(2)9-7-11-21(5)13-15-23-17-25(27)24(26(28)18-23)16-14-22(6)12-8-10-20(3)4/h9-10,13-14,17-18,27-28H,7-8,11-12,15-16H2,1-6H3/b21-13+,22-14+. The van der Waals surface area contributed by atoms with Crippen molar-refractivity contribution in [2.75, 3.05) is 0 Å². The zero-order chi connectivity index (χ0) is 21.1. The highest BCUT2D eigenvalue weighted by molar-refractivity contribution is 5.48. The van der Waals surface area contributed by atoms with Crippen LogP contribution in [-0.2, 0) is 12.8 Å². The lowest BCUT2D eigenvalue weighted by Crippen LogP contribution is -1.90. The SMILES string of the molecule is CC(C)=CCC/C(C)=C/Cc1cc(O)c(C/C=C(\C)CCC=C(C)C)c(O)c1. The average molecular weight is 383 g/mol. The molecular formula is C26H38O2. The Morgan fingerprint density at radius 1 is 0.679 bits per heavy atom. The first-order chi connectivity index (χ1) is 13.2.